The molecule has 0 saturated heterocycles. The molecule has 0 heterocycles. The number of carbonyl (C=O) groups is 2. The number of nitrogens with zero attached hydrogens (tertiary/aromatic N) is 2. The summed E-state index contributed by atoms with van der Waals surface area (Å²) in [5.41, 5.74) is 1.83. The summed E-state index contributed by atoms with van der Waals surface area (Å²) in [7, 11) is -3.80. The van der Waals surface area contributed by atoms with Gasteiger partial charge in [-0.2, -0.15) is 0 Å². The third kappa shape index (κ3) is 8.10. The quantitative estimate of drug-likeness (QED) is 0.405. The summed E-state index contributed by atoms with van der Waals surface area (Å²) in [6.45, 7) is 6.83. The van der Waals surface area contributed by atoms with Crippen molar-refractivity contribution in [1.29, 1.82) is 0 Å². The Bertz CT molecular complexity index is 1190. The first-order valence-corrected chi connectivity index (χ1v) is 14.4. The first kappa shape index (κ1) is 29.4. The van der Waals surface area contributed by atoms with Crippen molar-refractivity contribution in [2.45, 2.75) is 52.7 Å². The summed E-state index contributed by atoms with van der Waals surface area (Å²) < 4.78 is 27.1. The SMILES string of the molecule is CC[C@H](C)NC(=O)[C@@H](C)N(Cc1ccc(Cl)c(Cl)c1)C(=O)CN(c1ccc(Br)c(C)c1)S(C)(=O)=O. The number of carbonyl (C=O) groups excluding carboxylic acids is 2. The summed E-state index contributed by atoms with van der Waals surface area (Å²) in [5.74, 6) is -0.868. The molecule has 2 aromatic rings. The van der Waals surface area contributed by atoms with Gasteiger partial charge in [0.25, 0.3) is 0 Å². The summed E-state index contributed by atoms with van der Waals surface area (Å²) in [4.78, 5) is 27.8. The monoisotopic (exact) mass is 605 g/mol. The highest BCUT2D eigenvalue weighted by molar-refractivity contribution is 9.10. The Hall–Kier alpha value is -1.81. The number of halogens is 3. The molecule has 0 spiro atoms. The maximum absolute atomic E-state index is 13.6. The molecule has 0 fully saturated rings. The van der Waals surface area contributed by atoms with E-state index in [1.807, 2.05) is 20.8 Å². The zero-order valence-electron chi connectivity index (χ0n) is 20.3. The zero-order chi connectivity index (χ0) is 26.5. The minimum Gasteiger partial charge on any atom is -0.352 e. The van der Waals surface area contributed by atoms with Gasteiger partial charge in [0.05, 0.1) is 22.0 Å². The van der Waals surface area contributed by atoms with Gasteiger partial charge in [0, 0.05) is 17.1 Å². The van der Waals surface area contributed by atoms with Crippen molar-refractivity contribution < 1.29 is 18.0 Å². The van der Waals surface area contributed by atoms with Crippen LogP contribution in [0.4, 0.5) is 5.69 Å². The van der Waals surface area contributed by atoms with Gasteiger partial charge in [0.1, 0.15) is 12.6 Å². The molecule has 2 atom stereocenters. The van der Waals surface area contributed by atoms with E-state index in [1.165, 1.54) is 4.90 Å². The molecule has 11 heteroatoms. The Morgan fingerprint density at radius 2 is 1.74 bits per heavy atom. The average Bonchev–Trinajstić information content (AvgIpc) is 2.78. The normalized spacial score (nSPS) is 13.1. The molecule has 0 aliphatic carbocycles. The number of hydrogen-bond acceptors (Lipinski definition) is 4. The fraction of sp³-hybridized carbons (Fsp3) is 0.417. The molecule has 2 amide bonds. The van der Waals surface area contributed by atoms with Crippen LogP contribution in [0.25, 0.3) is 0 Å². The van der Waals surface area contributed by atoms with E-state index in [0.29, 0.717) is 21.3 Å². The van der Waals surface area contributed by atoms with Crippen LogP contribution in [0.15, 0.2) is 40.9 Å². The van der Waals surface area contributed by atoms with E-state index < -0.39 is 28.5 Å². The molecule has 7 nitrogen and oxygen atoms in total. The number of sulfonamides is 1. The molecular formula is C24H30BrCl2N3O4S. The second kappa shape index (κ2) is 12.4. The van der Waals surface area contributed by atoms with E-state index in [-0.39, 0.29) is 18.5 Å². The Morgan fingerprint density at radius 1 is 1.09 bits per heavy atom. The minimum absolute atomic E-state index is 0.0434. The van der Waals surface area contributed by atoms with Crippen molar-refractivity contribution in [3.63, 3.8) is 0 Å². The van der Waals surface area contributed by atoms with Crippen molar-refractivity contribution >= 4 is 66.7 Å². The van der Waals surface area contributed by atoms with Crippen LogP contribution < -0.4 is 9.62 Å². The molecule has 35 heavy (non-hydrogen) atoms. The lowest BCUT2D eigenvalue weighted by Gasteiger charge is -2.32. The Morgan fingerprint density at radius 3 is 2.29 bits per heavy atom. The zero-order valence-corrected chi connectivity index (χ0v) is 24.2. The third-order valence-corrected chi connectivity index (χ3v) is 8.38. The number of anilines is 1. The lowest BCUT2D eigenvalue weighted by molar-refractivity contribution is -0.139. The van der Waals surface area contributed by atoms with Crippen LogP contribution in [0, 0.1) is 6.92 Å². The molecule has 2 rings (SSSR count). The predicted molar refractivity (Wildman–Crippen MR) is 145 cm³/mol. The Labute approximate surface area is 225 Å². The van der Waals surface area contributed by atoms with Gasteiger partial charge in [-0.05, 0) is 68.7 Å². The van der Waals surface area contributed by atoms with Gasteiger partial charge in [0.15, 0.2) is 0 Å². The fourth-order valence-electron chi connectivity index (χ4n) is 3.28. The Balaban J connectivity index is 2.43. The number of rotatable bonds is 10. The molecule has 192 valence electrons. The predicted octanol–water partition coefficient (Wildman–Crippen LogP) is 5.16. The van der Waals surface area contributed by atoms with Crippen LogP contribution in [0.3, 0.4) is 0 Å². The lowest BCUT2D eigenvalue weighted by atomic mass is 10.1. The standard InChI is InChI=1S/C24H30BrCl2N3O4S/c1-6-16(3)28-24(32)17(4)29(13-18-7-10-21(26)22(27)12-18)23(31)14-30(35(5,33)34)19-8-9-20(25)15(2)11-19/h7-12,16-17H,6,13-14H2,1-5H3,(H,28,32)/t16-,17+/m0/s1. The largest absolute Gasteiger partial charge is 0.352 e. The average molecular weight is 607 g/mol. The highest BCUT2D eigenvalue weighted by atomic mass is 79.9. The number of nitrogens with one attached hydrogen (secondary N) is 1. The molecule has 0 unspecified atom stereocenters. The summed E-state index contributed by atoms with van der Waals surface area (Å²) in [6.07, 6.45) is 1.77. The second-order valence-corrected chi connectivity index (χ2v) is 12.0. The number of hydrogen-bond donors (Lipinski definition) is 1. The lowest BCUT2D eigenvalue weighted by Crippen LogP contribution is -2.52. The fourth-order valence-corrected chi connectivity index (χ4v) is 4.69. The number of benzene rings is 2. The topological polar surface area (TPSA) is 86.8 Å². The molecule has 1 N–H and O–H groups in total. The van der Waals surface area contributed by atoms with Crippen molar-refractivity contribution in [3.05, 3.63) is 62.0 Å². The molecule has 0 aliphatic heterocycles. The van der Waals surface area contributed by atoms with Gasteiger partial charge >= 0.3 is 0 Å². The minimum atomic E-state index is -3.80. The number of aryl methyl sites for hydroxylation is 1. The maximum atomic E-state index is 13.6. The van der Waals surface area contributed by atoms with Gasteiger partial charge in [-0.3, -0.25) is 13.9 Å². The van der Waals surface area contributed by atoms with Gasteiger partial charge in [-0.25, -0.2) is 8.42 Å². The second-order valence-electron chi connectivity index (χ2n) is 8.47. The van der Waals surface area contributed by atoms with Gasteiger partial charge < -0.3 is 10.2 Å². The highest BCUT2D eigenvalue weighted by Crippen LogP contribution is 2.26. The van der Waals surface area contributed by atoms with Crippen molar-refractivity contribution in [3.8, 4) is 0 Å². The molecule has 0 saturated carbocycles. The van der Waals surface area contributed by atoms with E-state index in [9.17, 15) is 18.0 Å². The molecule has 0 aromatic heterocycles. The van der Waals surface area contributed by atoms with Crippen LogP contribution in [0.5, 0.6) is 0 Å². The van der Waals surface area contributed by atoms with Gasteiger partial charge in [-0.15, -0.1) is 0 Å². The van der Waals surface area contributed by atoms with E-state index in [2.05, 4.69) is 21.2 Å². The maximum Gasteiger partial charge on any atom is 0.244 e. The van der Waals surface area contributed by atoms with Crippen molar-refractivity contribution in [1.82, 2.24) is 10.2 Å². The summed E-state index contributed by atoms with van der Waals surface area (Å²) in [5, 5.41) is 3.56. The molecule has 0 bridgehead atoms. The first-order chi connectivity index (χ1) is 16.2. The molecular weight excluding hydrogens is 577 g/mol. The third-order valence-electron chi connectivity index (χ3n) is 5.61. The first-order valence-electron chi connectivity index (χ1n) is 11.0. The van der Waals surface area contributed by atoms with Crippen LogP contribution in [-0.4, -0.2) is 50.0 Å². The van der Waals surface area contributed by atoms with Gasteiger partial charge in [-0.1, -0.05) is 52.1 Å². The smallest absolute Gasteiger partial charge is 0.244 e. The number of amides is 2. The highest BCUT2D eigenvalue weighted by Gasteiger charge is 2.30. The molecule has 0 aliphatic rings. The van der Waals surface area contributed by atoms with E-state index >= 15 is 0 Å². The van der Waals surface area contributed by atoms with Crippen molar-refractivity contribution in [2.75, 3.05) is 17.1 Å². The van der Waals surface area contributed by atoms with E-state index in [0.717, 1.165) is 27.0 Å². The van der Waals surface area contributed by atoms with Gasteiger partial charge in [0.2, 0.25) is 21.8 Å². The van der Waals surface area contributed by atoms with E-state index in [1.54, 1.807) is 43.3 Å². The van der Waals surface area contributed by atoms with Crippen LogP contribution in [-0.2, 0) is 26.2 Å². The van der Waals surface area contributed by atoms with Crippen LogP contribution >= 0.6 is 39.1 Å². The Kier molecular flexibility index (Phi) is 10.4. The summed E-state index contributed by atoms with van der Waals surface area (Å²) >= 11 is 15.6. The van der Waals surface area contributed by atoms with Crippen LogP contribution in [0.1, 0.15) is 38.3 Å². The molecule has 2 aromatic carbocycles. The van der Waals surface area contributed by atoms with E-state index in [4.69, 9.17) is 23.2 Å². The molecule has 0 radical (unpaired) electrons. The van der Waals surface area contributed by atoms with Crippen LogP contribution in [0.2, 0.25) is 10.0 Å². The van der Waals surface area contributed by atoms with Crippen molar-refractivity contribution in [2.24, 2.45) is 0 Å². The summed E-state index contributed by atoms with van der Waals surface area (Å²) in [6, 6.07) is 9.02.